The van der Waals surface area contributed by atoms with Gasteiger partial charge < -0.3 is 14.1 Å². The number of allylic oxidation sites excluding steroid dienone is 1. The molecule has 0 atom stereocenters. The van der Waals surface area contributed by atoms with E-state index in [1.807, 2.05) is 38.7 Å². The van der Waals surface area contributed by atoms with Crippen LogP contribution in [0.25, 0.3) is 16.5 Å². The fourth-order valence-electron chi connectivity index (χ4n) is 3.76. The lowest BCUT2D eigenvalue weighted by Crippen LogP contribution is -2.28. The van der Waals surface area contributed by atoms with Crippen molar-refractivity contribution < 1.29 is 13.9 Å². The van der Waals surface area contributed by atoms with E-state index in [0.717, 1.165) is 41.1 Å². The van der Waals surface area contributed by atoms with Crippen molar-refractivity contribution in [1.29, 1.82) is 0 Å². The molecule has 0 fully saturated rings. The van der Waals surface area contributed by atoms with Gasteiger partial charge in [0.25, 0.3) is 0 Å². The van der Waals surface area contributed by atoms with Crippen LogP contribution in [0.1, 0.15) is 57.4 Å². The van der Waals surface area contributed by atoms with Gasteiger partial charge in [-0.05, 0) is 58.6 Å². The molecule has 1 aromatic heterocycles. The van der Waals surface area contributed by atoms with Gasteiger partial charge in [0.2, 0.25) is 5.91 Å². The van der Waals surface area contributed by atoms with Crippen LogP contribution in [-0.4, -0.2) is 30.5 Å². The molecule has 1 aliphatic rings. The van der Waals surface area contributed by atoms with Gasteiger partial charge in [0.1, 0.15) is 17.1 Å². The van der Waals surface area contributed by atoms with Crippen LogP contribution < -0.4 is 4.74 Å². The van der Waals surface area contributed by atoms with Gasteiger partial charge in [-0.1, -0.05) is 0 Å². The number of benzene rings is 1. The predicted octanol–water partition coefficient (Wildman–Crippen LogP) is 4.98. The molecule has 0 saturated carbocycles. The SMILES string of the molecule is CCOc1cc2oc3c(c2cc1/C(C)=C/C(=O)N(CC)CC)CCCC3. The summed E-state index contributed by atoms with van der Waals surface area (Å²) in [6.45, 7) is 9.96. The van der Waals surface area contributed by atoms with Gasteiger partial charge in [0.15, 0.2) is 0 Å². The van der Waals surface area contributed by atoms with Gasteiger partial charge >= 0.3 is 0 Å². The zero-order chi connectivity index (χ0) is 18.7. The summed E-state index contributed by atoms with van der Waals surface area (Å²) in [4.78, 5) is 14.3. The average Bonchev–Trinajstić information content (AvgIpc) is 2.99. The molecule has 1 amide bonds. The molecule has 0 spiro atoms. The Labute approximate surface area is 155 Å². The first-order valence-corrected chi connectivity index (χ1v) is 9.77. The molecule has 0 bridgehead atoms. The number of rotatable bonds is 6. The second-order valence-electron chi connectivity index (χ2n) is 6.83. The van der Waals surface area contributed by atoms with Crippen molar-refractivity contribution in [1.82, 2.24) is 4.90 Å². The third-order valence-electron chi connectivity index (χ3n) is 5.20. The molecule has 1 heterocycles. The highest BCUT2D eigenvalue weighted by Crippen LogP contribution is 2.38. The number of furan rings is 1. The zero-order valence-electron chi connectivity index (χ0n) is 16.4. The first-order valence-electron chi connectivity index (χ1n) is 9.77. The lowest BCUT2D eigenvalue weighted by molar-refractivity contribution is -0.125. The molecule has 140 valence electrons. The van der Waals surface area contributed by atoms with Gasteiger partial charge in [-0.25, -0.2) is 0 Å². The maximum absolute atomic E-state index is 12.5. The van der Waals surface area contributed by atoms with Crippen molar-refractivity contribution in [2.45, 2.75) is 53.4 Å². The Hall–Kier alpha value is -2.23. The van der Waals surface area contributed by atoms with Crippen LogP contribution in [0.5, 0.6) is 5.75 Å². The summed E-state index contributed by atoms with van der Waals surface area (Å²) in [5.41, 5.74) is 4.14. The number of carbonyl (C=O) groups excluding carboxylic acids is 1. The van der Waals surface area contributed by atoms with E-state index in [0.29, 0.717) is 19.7 Å². The Bertz CT molecular complexity index is 828. The van der Waals surface area contributed by atoms with E-state index in [9.17, 15) is 4.79 Å². The van der Waals surface area contributed by atoms with Crippen molar-refractivity contribution >= 4 is 22.4 Å². The molecule has 1 aliphatic carbocycles. The fraction of sp³-hybridized carbons (Fsp3) is 0.500. The third-order valence-corrected chi connectivity index (χ3v) is 5.20. The Kier molecular flexibility index (Phi) is 5.70. The number of hydrogen-bond donors (Lipinski definition) is 0. The topological polar surface area (TPSA) is 42.7 Å². The highest BCUT2D eigenvalue weighted by molar-refractivity contribution is 5.97. The van der Waals surface area contributed by atoms with Crippen molar-refractivity contribution in [2.24, 2.45) is 0 Å². The minimum atomic E-state index is 0.0456. The standard InChI is InChI=1S/C22H29NO3/c1-5-23(6-2)22(24)12-15(4)17-13-18-16-10-8-9-11-19(16)26-21(18)14-20(17)25-7-3/h12-14H,5-11H2,1-4H3/b15-12+. The molecule has 0 N–H and O–H groups in total. The number of nitrogens with zero attached hydrogens (tertiary/aromatic N) is 1. The van der Waals surface area contributed by atoms with Gasteiger partial charge in [-0.2, -0.15) is 0 Å². The molecular weight excluding hydrogens is 326 g/mol. The van der Waals surface area contributed by atoms with Crippen LogP contribution in [0, 0.1) is 0 Å². The van der Waals surface area contributed by atoms with Crippen LogP contribution in [0.3, 0.4) is 0 Å². The summed E-state index contributed by atoms with van der Waals surface area (Å²) < 4.78 is 12.0. The quantitative estimate of drug-likeness (QED) is 0.686. The molecule has 1 aromatic carbocycles. The van der Waals surface area contributed by atoms with Crippen molar-refractivity contribution in [3.8, 4) is 5.75 Å². The van der Waals surface area contributed by atoms with E-state index in [2.05, 4.69) is 6.07 Å². The van der Waals surface area contributed by atoms with Gasteiger partial charge in [0.05, 0.1) is 6.61 Å². The summed E-state index contributed by atoms with van der Waals surface area (Å²) in [6, 6.07) is 4.14. The predicted molar refractivity (Wildman–Crippen MR) is 106 cm³/mol. The molecule has 4 nitrogen and oxygen atoms in total. The van der Waals surface area contributed by atoms with Crippen molar-refractivity contribution in [3.05, 3.63) is 35.1 Å². The van der Waals surface area contributed by atoms with Crippen LogP contribution in [0.15, 0.2) is 22.6 Å². The van der Waals surface area contributed by atoms with Crippen molar-refractivity contribution in [3.63, 3.8) is 0 Å². The average molecular weight is 355 g/mol. The Morgan fingerprint density at radius 1 is 1.19 bits per heavy atom. The lowest BCUT2D eigenvalue weighted by Gasteiger charge is -2.17. The molecule has 26 heavy (non-hydrogen) atoms. The number of amides is 1. The van der Waals surface area contributed by atoms with Crippen LogP contribution in [0.2, 0.25) is 0 Å². The second kappa shape index (κ2) is 7.98. The second-order valence-corrected chi connectivity index (χ2v) is 6.83. The molecule has 2 aromatic rings. The number of fused-ring (bicyclic) bond motifs is 3. The van der Waals surface area contributed by atoms with Crippen molar-refractivity contribution in [2.75, 3.05) is 19.7 Å². The molecule has 0 aliphatic heterocycles. The third kappa shape index (κ3) is 3.50. The summed E-state index contributed by atoms with van der Waals surface area (Å²) in [5.74, 6) is 1.95. The maximum atomic E-state index is 12.5. The molecule has 4 heteroatoms. The summed E-state index contributed by atoms with van der Waals surface area (Å²) in [5, 5.41) is 1.17. The number of carbonyl (C=O) groups is 1. The lowest BCUT2D eigenvalue weighted by atomic mass is 9.94. The van der Waals surface area contributed by atoms with E-state index in [1.165, 1.54) is 23.8 Å². The molecule has 0 radical (unpaired) electrons. The van der Waals surface area contributed by atoms with E-state index in [4.69, 9.17) is 9.15 Å². The summed E-state index contributed by atoms with van der Waals surface area (Å²) in [7, 11) is 0. The maximum Gasteiger partial charge on any atom is 0.246 e. The Morgan fingerprint density at radius 3 is 2.62 bits per heavy atom. The molecule has 0 saturated heterocycles. The first kappa shape index (κ1) is 18.6. The highest BCUT2D eigenvalue weighted by atomic mass is 16.5. The normalized spacial score (nSPS) is 14.4. The van der Waals surface area contributed by atoms with Gasteiger partial charge in [0, 0.05) is 48.2 Å². The van der Waals surface area contributed by atoms with E-state index < -0.39 is 0 Å². The monoisotopic (exact) mass is 355 g/mol. The minimum Gasteiger partial charge on any atom is -0.493 e. The summed E-state index contributed by atoms with van der Waals surface area (Å²) >= 11 is 0. The Morgan fingerprint density at radius 2 is 1.92 bits per heavy atom. The number of hydrogen-bond acceptors (Lipinski definition) is 3. The van der Waals surface area contributed by atoms with Gasteiger partial charge in [-0.3, -0.25) is 4.79 Å². The highest BCUT2D eigenvalue weighted by Gasteiger charge is 2.20. The molecule has 3 rings (SSSR count). The smallest absolute Gasteiger partial charge is 0.246 e. The number of likely N-dealkylation sites (N-methyl/N-ethyl adjacent to an activating group) is 1. The minimum absolute atomic E-state index is 0.0456. The first-order chi connectivity index (χ1) is 12.6. The van der Waals surface area contributed by atoms with E-state index >= 15 is 0 Å². The number of ether oxygens (including phenoxy) is 1. The molecule has 0 unspecified atom stereocenters. The largest absolute Gasteiger partial charge is 0.493 e. The fourth-order valence-corrected chi connectivity index (χ4v) is 3.76. The Balaban J connectivity index is 2.07. The number of aryl methyl sites for hydroxylation is 2. The van der Waals surface area contributed by atoms with Crippen LogP contribution in [-0.2, 0) is 17.6 Å². The molecular formula is C22H29NO3. The summed E-state index contributed by atoms with van der Waals surface area (Å²) in [6.07, 6.45) is 6.20. The van der Waals surface area contributed by atoms with Crippen LogP contribution >= 0.6 is 0 Å². The van der Waals surface area contributed by atoms with Crippen LogP contribution in [0.4, 0.5) is 0 Å². The van der Waals surface area contributed by atoms with E-state index in [-0.39, 0.29) is 5.91 Å². The van der Waals surface area contributed by atoms with E-state index in [1.54, 1.807) is 6.08 Å². The van der Waals surface area contributed by atoms with Gasteiger partial charge in [-0.15, -0.1) is 0 Å². The zero-order valence-corrected chi connectivity index (χ0v) is 16.4.